The van der Waals surface area contributed by atoms with E-state index in [0.29, 0.717) is 15.7 Å². The Morgan fingerprint density at radius 2 is 2.10 bits per heavy atom. The van der Waals surface area contributed by atoms with Crippen molar-refractivity contribution in [3.05, 3.63) is 56.8 Å². The highest BCUT2D eigenvalue weighted by molar-refractivity contribution is 9.10. The molecule has 1 atom stereocenters. The van der Waals surface area contributed by atoms with E-state index in [9.17, 15) is 4.39 Å². The van der Waals surface area contributed by atoms with E-state index >= 15 is 0 Å². The first kappa shape index (κ1) is 16.3. The molecule has 0 aliphatic rings. The Morgan fingerprint density at radius 1 is 1.33 bits per heavy atom. The fraction of sp³-hybridized carbons (Fsp3) is 0.333. The lowest BCUT2D eigenvalue weighted by Gasteiger charge is -2.19. The molecule has 0 bridgehead atoms. The lowest BCUT2D eigenvalue weighted by Crippen LogP contribution is -2.25. The van der Waals surface area contributed by atoms with Gasteiger partial charge in [-0.15, -0.1) is 0 Å². The van der Waals surface area contributed by atoms with E-state index < -0.39 is 5.82 Å². The molecule has 0 aliphatic carbocycles. The molecule has 2 aromatic rings. The molecule has 3 nitrogen and oxygen atoms in total. The molecule has 0 aliphatic heterocycles. The summed E-state index contributed by atoms with van der Waals surface area (Å²) in [5.74, 6) is -0.443. The van der Waals surface area contributed by atoms with E-state index in [2.05, 4.69) is 38.1 Å². The minimum absolute atomic E-state index is 0.0795. The van der Waals surface area contributed by atoms with Gasteiger partial charge in [0.2, 0.25) is 0 Å². The second-order valence-electron chi connectivity index (χ2n) is 4.73. The molecule has 0 saturated carbocycles. The van der Waals surface area contributed by atoms with Crippen molar-refractivity contribution in [1.29, 1.82) is 0 Å². The maximum absolute atomic E-state index is 14.5. The SMILES string of the molecule is CCCNC(c1cnc(C)cn1)c1ccc(Br)c(Cl)c1F. The molecule has 0 saturated heterocycles. The van der Waals surface area contributed by atoms with E-state index in [1.165, 1.54) is 0 Å². The fourth-order valence-electron chi connectivity index (χ4n) is 1.98. The van der Waals surface area contributed by atoms with Gasteiger partial charge in [0, 0.05) is 16.2 Å². The third-order valence-electron chi connectivity index (χ3n) is 3.07. The van der Waals surface area contributed by atoms with Gasteiger partial charge < -0.3 is 5.32 Å². The van der Waals surface area contributed by atoms with Crippen LogP contribution >= 0.6 is 27.5 Å². The lowest BCUT2D eigenvalue weighted by molar-refractivity contribution is 0.537. The van der Waals surface area contributed by atoms with Gasteiger partial charge in [-0.3, -0.25) is 9.97 Å². The monoisotopic (exact) mass is 371 g/mol. The van der Waals surface area contributed by atoms with Crippen LogP contribution in [-0.2, 0) is 0 Å². The van der Waals surface area contributed by atoms with Crippen molar-refractivity contribution in [2.45, 2.75) is 26.3 Å². The summed E-state index contributed by atoms with van der Waals surface area (Å²) in [6.07, 6.45) is 4.27. The highest BCUT2D eigenvalue weighted by atomic mass is 79.9. The number of nitrogens with one attached hydrogen (secondary N) is 1. The van der Waals surface area contributed by atoms with Crippen LogP contribution in [0.4, 0.5) is 4.39 Å². The molecule has 2 rings (SSSR count). The summed E-state index contributed by atoms with van der Waals surface area (Å²) in [7, 11) is 0. The first-order chi connectivity index (χ1) is 10.0. The number of halogens is 3. The van der Waals surface area contributed by atoms with Crippen molar-refractivity contribution in [2.75, 3.05) is 6.54 Å². The topological polar surface area (TPSA) is 37.8 Å². The van der Waals surface area contributed by atoms with Crippen molar-refractivity contribution in [2.24, 2.45) is 0 Å². The van der Waals surface area contributed by atoms with Crippen LogP contribution in [0.1, 0.15) is 36.3 Å². The normalized spacial score (nSPS) is 12.4. The van der Waals surface area contributed by atoms with Crippen molar-refractivity contribution in [1.82, 2.24) is 15.3 Å². The molecule has 6 heteroatoms. The average Bonchev–Trinajstić information content (AvgIpc) is 2.48. The van der Waals surface area contributed by atoms with Crippen molar-refractivity contribution >= 4 is 27.5 Å². The summed E-state index contributed by atoms with van der Waals surface area (Å²) in [6.45, 7) is 4.66. The first-order valence-corrected chi connectivity index (χ1v) is 7.87. The van der Waals surface area contributed by atoms with Gasteiger partial charge in [0.15, 0.2) is 0 Å². The minimum Gasteiger partial charge on any atom is -0.305 e. The van der Waals surface area contributed by atoms with E-state index in [1.807, 2.05) is 6.92 Å². The van der Waals surface area contributed by atoms with E-state index in [1.54, 1.807) is 24.5 Å². The molecule has 1 aromatic heterocycles. The zero-order valence-electron chi connectivity index (χ0n) is 11.8. The predicted octanol–water partition coefficient (Wildman–Crippen LogP) is 4.43. The number of benzene rings is 1. The summed E-state index contributed by atoms with van der Waals surface area (Å²) in [6, 6.07) is 3.08. The van der Waals surface area contributed by atoms with Crippen molar-refractivity contribution in [3.63, 3.8) is 0 Å². The van der Waals surface area contributed by atoms with Gasteiger partial charge in [0.05, 0.1) is 28.6 Å². The van der Waals surface area contributed by atoms with Crippen LogP contribution in [0, 0.1) is 12.7 Å². The summed E-state index contributed by atoms with van der Waals surface area (Å²) >= 11 is 9.22. The number of hydrogen-bond acceptors (Lipinski definition) is 3. The Bertz CT molecular complexity index is 619. The van der Waals surface area contributed by atoms with Gasteiger partial charge in [0.25, 0.3) is 0 Å². The molecule has 112 valence electrons. The zero-order valence-corrected chi connectivity index (χ0v) is 14.2. The number of aromatic nitrogens is 2. The fourth-order valence-corrected chi connectivity index (χ4v) is 2.46. The Balaban J connectivity index is 2.45. The van der Waals surface area contributed by atoms with Gasteiger partial charge >= 0.3 is 0 Å². The number of aryl methyl sites for hydroxylation is 1. The standard InChI is InChI=1S/C15H16BrClFN3/c1-3-6-19-15(12-8-20-9(2)7-21-12)10-4-5-11(16)13(17)14(10)18/h4-5,7-8,15,19H,3,6H2,1-2H3. The van der Waals surface area contributed by atoms with Crippen LogP contribution in [0.3, 0.4) is 0 Å². The molecule has 1 unspecified atom stereocenters. The van der Waals surface area contributed by atoms with Gasteiger partial charge in [0.1, 0.15) is 5.82 Å². The Morgan fingerprint density at radius 3 is 2.71 bits per heavy atom. The van der Waals surface area contributed by atoms with Crippen LogP contribution in [0.25, 0.3) is 0 Å². The third-order valence-corrected chi connectivity index (χ3v) is 4.33. The smallest absolute Gasteiger partial charge is 0.148 e. The second-order valence-corrected chi connectivity index (χ2v) is 5.97. The van der Waals surface area contributed by atoms with Crippen LogP contribution in [0.15, 0.2) is 29.0 Å². The highest BCUT2D eigenvalue weighted by Crippen LogP contribution is 2.32. The largest absolute Gasteiger partial charge is 0.305 e. The zero-order chi connectivity index (χ0) is 15.4. The Labute approximate surface area is 137 Å². The maximum Gasteiger partial charge on any atom is 0.148 e. The number of rotatable bonds is 5. The Kier molecular flexibility index (Phi) is 5.67. The van der Waals surface area contributed by atoms with E-state index in [-0.39, 0.29) is 11.1 Å². The first-order valence-electron chi connectivity index (χ1n) is 6.70. The molecule has 0 amide bonds. The quantitative estimate of drug-likeness (QED) is 0.789. The molecular formula is C15H16BrClFN3. The second kappa shape index (κ2) is 7.29. The molecule has 0 spiro atoms. The average molecular weight is 373 g/mol. The van der Waals surface area contributed by atoms with Gasteiger partial charge in [-0.25, -0.2) is 4.39 Å². The minimum atomic E-state index is -0.443. The molecule has 1 aromatic carbocycles. The predicted molar refractivity (Wildman–Crippen MR) is 86.0 cm³/mol. The Hall–Kier alpha value is -1.04. The summed E-state index contributed by atoms with van der Waals surface area (Å²) in [4.78, 5) is 8.59. The number of nitrogens with zero attached hydrogens (tertiary/aromatic N) is 2. The third kappa shape index (κ3) is 3.78. The van der Waals surface area contributed by atoms with Gasteiger partial charge in [-0.1, -0.05) is 24.6 Å². The van der Waals surface area contributed by atoms with E-state index in [0.717, 1.165) is 18.7 Å². The molecular weight excluding hydrogens is 357 g/mol. The summed E-state index contributed by atoms with van der Waals surface area (Å²) in [5, 5.41) is 3.37. The van der Waals surface area contributed by atoms with Gasteiger partial charge in [-0.05, 0) is 41.9 Å². The molecule has 21 heavy (non-hydrogen) atoms. The van der Waals surface area contributed by atoms with Crippen LogP contribution in [0.2, 0.25) is 5.02 Å². The van der Waals surface area contributed by atoms with E-state index in [4.69, 9.17) is 11.6 Å². The highest BCUT2D eigenvalue weighted by Gasteiger charge is 2.21. The van der Waals surface area contributed by atoms with Crippen LogP contribution in [-0.4, -0.2) is 16.5 Å². The summed E-state index contributed by atoms with van der Waals surface area (Å²) in [5.41, 5.74) is 1.96. The molecule has 0 radical (unpaired) electrons. The maximum atomic E-state index is 14.5. The number of hydrogen-bond donors (Lipinski definition) is 1. The van der Waals surface area contributed by atoms with Crippen LogP contribution in [0.5, 0.6) is 0 Å². The summed E-state index contributed by atoms with van der Waals surface area (Å²) < 4.78 is 15.0. The molecule has 1 heterocycles. The molecule has 1 N–H and O–H groups in total. The van der Waals surface area contributed by atoms with Crippen LogP contribution < -0.4 is 5.32 Å². The van der Waals surface area contributed by atoms with Crippen molar-refractivity contribution in [3.8, 4) is 0 Å². The molecule has 0 fully saturated rings. The lowest BCUT2D eigenvalue weighted by atomic mass is 10.0. The van der Waals surface area contributed by atoms with Crippen molar-refractivity contribution < 1.29 is 4.39 Å². The van der Waals surface area contributed by atoms with Gasteiger partial charge in [-0.2, -0.15) is 0 Å².